The number of hydrogen-bond acceptors (Lipinski definition) is 4. The van der Waals surface area contributed by atoms with Crippen molar-refractivity contribution in [2.45, 2.75) is 6.10 Å². The van der Waals surface area contributed by atoms with E-state index in [1.807, 2.05) is 6.07 Å². The molecular formula is C10H9Br2ClN2O2. The summed E-state index contributed by atoms with van der Waals surface area (Å²) in [5.74, 6) is 0. The average molecular weight is 384 g/mol. The number of anilines is 1. The molecule has 0 aliphatic carbocycles. The molecule has 0 saturated heterocycles. The SMILES string of the molecule is N#Cc1c(Cl)c(Br)cc(Br)c1NCC(O)CO. The maximum absolute atomic E-state index is 9.24. The first-order valence-electron chi connectivity index (χ1n) is 4.61. The average Bonchev–Trinajstić information content (AvgIpc) is 2.31. The molecule has 0 aromatic heterocycles. The quantitative estimate of drug-likeness (QED) is 0.697. The Balaban J connectivity index is 3.07. The van der Waals surface area contributed by atoms with E-state index in [9.17, 15) is 5.11 Å². The van der Waals surface area contributed by atoms with Crippen LogP contribution in [0.15, 0.2) is 15.0 Å². The molecule has 0 spiro atoms. The third kappa shape index (κ3) is 3.57. The standard InChI is InChI=1S/C10H9Br2ClN2O2/c11-7-1-8(12)10(6(2-14)9(7)13)15-3-5(17)4-16/h1,5,15-17H,3-4H2. The number of aliphatic hydroxyl groups excluding tert-OH is 2. The van der Waals surface area contributed by atoms with Crippen LogP contribution < -0.4 is 5.32 Å². The van der Waals surface area contributed by atoms with Gasteiger partial charge in [-0.05, 0) is 37.9 Å². The van der Waals surface area contributed by atoms with E-state index in [0.717, 1.165) is 0 Å². The van der Waals surface area contributed by atoms with Gasteiger partial charge >= 0.3 is 0 Å². The van der Waals surface area contributed by atoms with E-state index in [-0.39, 0.29) is 18.7 Å². The van der Waals surface area contributed by atoms with Crippen molar-refractivity contribution in [3.63, 3.8) is 0 Å². The zero-order valence-corrected chi connectivity index (χ0v) is 12.5. The number of halogens is 3. The molecule has 1 aromatic carbocycles. The number of benzene rings is 1. The molecule has 0 saturated carbocycles. The number of aliphatic hydroxyl groups is 2. The van der Waals surface area contributed by atoms with Gasteiger partial charge in [-0.15, -0.1) is 0 Å². The fourth-order valence-electron chi connectivity index (χ4n) is 1.16. The maximum Gasteiger partial charge on any atom is 0.103 e. The maximum atomic E-state index is 9.24. The lowest BCUT2D eigenvalue weighted by Gasteiger charge is -2.14. The highest BCUT2D eigenvalue weighted by Crippen LogP contribution is 2.37. The summed E-state index contributed by atoms with van der Waals surface area (Å²) in [6.45, 7) is -0.224. The van der Waals surface area contributed by atoms with Crippen LogP contribution in [0, 0.1) is 11.3 Å². The number of nitriles is 1. The second-order valence-corrected chi connectivity index (χ2v) is 5.32. The first-order chi connectivity index (χ1) is 8.01. The highest BCUT2D eigenvalue weighted by atomic mass is 79.9. The van der Waals surface area contributed by atoms with Gasteiger partial charge in [-0.2, -0.15) is 5.26 Å². The highest BCUT2D eigenvalue weighted by molar-refractivity contribution is 9.11. The van der Waals surface area contributed by atoms with E-state index < -0.39 is 6.10 Å². The molecule has 1 unspecified atom stereocenters. The van der Waals surface area contributed by atoms with Crippen LogP contribution in [-0.4, -0.2) is 29.5 Å². The minimum absolute atomic E-state index is 0.127. The lowest BCUT2D eigenvalue weighted by atomic mass is 10.2. The Bertz CT molecular complexity index is 463. The van der Waals surface area contributed by atoms with Crippen molar-refractivity contribution < 1.29 is 10.2 Å². The number of nitrogens with one attached hydrogen (secondary N) is 1. The van der Waals surface area contributed by atoms with E-state index in [0.29, 0.717) is 19.7 Å². The monoisotopic (exact) mass is 382 g/mol. The van der Waals surface area contributed by atoms with E-state index in [1.54, 1.807) is 6.07 Å². The Morgan fingerprint density at radius 2 is 2.12 bits per heavy atom. The van der Waals surface area contributed by atoms with Crippen molar-refractivity contribution in [1.29, 1.82) is 5.26 Å². The largest absolute Gasteiger partial charge is 0.394 e. The Labute approximate surface area is 120 Å². The Morgan fingerprint density at radius 1 is 1.47 bits per heavy atom. The van der Waals surface area contributed by atoms with Gasteiger partial charge in [0.2, 0.25) is 0 Å². The summed E-state index contributed by atoms with van der Waals surface area (Å²) in [5.41, 5.74) is 0.770. The molecule has 0 radical (unpaired) electrons. The topological polar surface area (TPSA) is 76.3 Å². The molecule has 3 N–H and O–H groups in total. The van der Waals surface area contributed by atoms with Crippen molar-refractivity contribution in [3.05, 3.63) is 25.6 Å². The van der Waals surface area contributed by atoms with Crippen LogP contribution in [-0.2, 0) is 0 Å². The molecule has 0 amide bonds. The number of rotatable bonds is 4. The van der Waals surface area contributed by atoms with Gasteiger partial charge < -0.3 is 15.5 Å². The molecule has 0 heterocycles. The Hall–Kier alpha value is -0.320. The van der Waals surface area contributed by atoms with E-state index in [2.05, 4.69) is 37.2 Å². The van der Waals surface area contributed by atoms with Crippen LogP contribution in [0.5, 0.6) is 0 Å². The summed E-state index contributed by atoms with van der Waals surface area (Å²) in [6, 6.07) is 3.69. The van der Waals surface area contributed by atoms with Crippen LogP contribution in [0.25, 0.3) is 0 Å². The van der Waals surface area contributed by atoms with Gasteiger partial charge in [0.15, 0.2) is 0 Å². The van der Waals surface area contributed by atoms with Crippen molar-refractivity contribution in [1.82, 2.24) is 0 Å². The van der Waals surface area contributed by atoms with Gasteiger partial charge in [0.05, 0.1) is 29.0 Å². The summed E-state index contributed by atoms with van der Waals surface area (Å²) in [7, 11) is 0. The molecule has 0 bridgehead atoms. The molecule has 0 fully saturated rings. The van der Waals surface area contributed by atoms with Crippen molar-refractivity contribution in [2.75, 3.05) is 18.5 Å². The summed E-state index contributed by atoms with van der Waals surface area (Å²) < 4.78 is 1.26. The summed E-state index contributed by atoms with van der Waals surface area (Å²) in [5, 5.41) is 30.2. The van der Waals surface area contributed by atoms with Gasteiger partial charge in [-0.1, -0.05) is 11.6 Å². The lowest BCUT2D eigenvalue weighted by Crippen LogP contribution is -2.23. The van der Waals surface area contributed by atoms with Gasteiger partial charge in [-0.25, -0.2) is 0 Å². The van der Waals surface area contributed by atoms with Crippen LogP contribution in [0.4, 0.5) is 5.69 Å². The summed E-state index contributed by atoms with van der Waals surface area (Å²) >= 11 is 12.5. The van der Waals surface area contributed by atoms with Gasteiger partial charge in [-0.3, -0.25) is 0 Å². The third-order valence-electron chi connectivity index (χ3n) is 2.01. The first kappa shape index (κ1) is 14.7. The van der Waals surface area contributed by atoms with Gasteiger partial charge in [0.25, 0.3) is 0 Å². The molecule has 0 aliphatic heterocycles. The Kier molecular flexibility index (Phi) is 5.70. The van der Waals surface area contributed by atoms with E-state index >= 15 is 0 Å². The van der Waals surface area contributed by atoms with Gasteiger partial charge in [0, 0.05) is 15.5 Å². The van der Waals surface area contributed by atoms with E-state index in [1.165, 1.54) is 0 Å². The molecule has 17 heavy (non-hydrogen) atoms. The smallest absolute Gasteiger partial charge is 0.103 e. The summed E-state index contributed by atoms with van der Waals surface area (Å²) in [6.07, 6.45) is -0.893. The number of hydrogen-bond donors (Lipinski definition) is 3. The molecule has 1 rings (SSSR count). The molecule has 0 aliphatic rings. The van der Waals surface area contributed by atoms with Crippen LogP contribution in [0.2, 0.25) is 5.02 Å². The highest BCUT2D eigenvalue weighted by Gasteiger charge is 2.15. The van der Waals surface area contributed by atoms with Crippen molar-refractivity contribution >= 4 is 49.1 Å². The molecule has 1 atom stereocenters. The second kappa shape index (κ2) is 6.57. The minimum Gasteiger partial charge on any atom is -0.394 e. The molecular weight excluding hydrogens is 375 g/mol. The summed E-state index contributed by atoms with van der Waals surface area (Å²) in [4.78, 5) is 0. The minimum atomic E-state index is -0.893. The first-order valence-corrected chi connectivity index (χ1v) is 6.58. The zero-order valence-electron chi connectivity index (χ0n) is 8.54. The zero-order chi connectivity index (χ0) is 13.0. The third-order valence-corrected chi connectivity index (χ3v) is 3.88. The normalized spacial score (nSPS) is 12.0. The predicted octanol–water partition coefficient (Wildman–Crippen LogP) is 2.50. The lowest BCUT2D eigenvalue weighted by molar-refractivity contribution is 0.105. The van der Waals surface area contributed by atoms with Crippen LogP contribution >= 0.6 is 43.5 Å². The second-order valence-electron chi connectivity index (χ2n) is 3.23. The Morgan fingerprint density at radius 3 is 2.65 bits per heavy atom. The molecule has 7 heteroatoms. The number of nitrogens with zero attached hydrogens (tertiary/aromatic N) is 1. The molecule has 1 aromatic rings. The van der Waals surface area contributed by atoms with Crippen LogP contribution in [0.1, 0.15) is 5.56 Å². The molecule has 4 nitrogen and oxygen atoms in total. The fourth-order valence-corrected chi connectivity index (χ4v) is 2.65. The van der Waals surface area contributed by atoms with E-state index in [4.69, 9.17) is 22.0 Å². The predicted molar refractivity (Wildman–Crippen MR) is 73.1 cm³/mol. The van der Waals surface area contributed by atoms with Crippen molar-refractivity contribution in [2.24, 2.45) is 0 Å². The molecule has 92 valence electrons. The van der Waals surface area contributed by atoms with Crippen LogP contribution in [0.3, 0.4) is 0 Å². The van der Waals surface area contributed by atoms with Crippen molar-refractivity contribution in [3.8, 4) is 6.07 Å². The van der Waals surface area contributed by atoms with Gasteiger partial charge in [0.1, 0.15) is 6.07 Å². The fraction of sp³-hybridized carbons (Fsp3) is 0.300.